The molecule has 0 atom stereocenters. The Balaban J connectivity index is 1.75. The first kappa shape index (κ1) is 14.0. The van der Waals surface area contributed by atoms with Crippen molar-refractivity contribution in [2.45, 2.75) is 0 Å². The van der Waals surface area contributed by atoms with Gasteiger partial charge in [0.05, 0.1) is 11.6 Å². The fraction of sp³-hybridized carbons (Fsp3) is 0.0625. The quantitative estimate of drug-likeness (QED) is 0.844. The Bertz CT molecular complexity index is 726. The number of allylic oxidation sites excluding steroid dienone is 1. The fourth-order valence-corrected chi connectivity index (χ4v) is 2.33. The van der Waals surface area contributed by atoms with Gasteiger partial charge in [0.15, 0.2) is 0 Å². The molecule has 1 N–H and O–H groups in total. The van der Waals surface area contributed by atoms with Crippen molar-refractivity contribution in [3.8, 4) is 11.5 Å². The maximum absolute atomic E-state index is 6.26. The van der Waals surface area contributed by atoms with Crippen LogP contribution in [-0.2, 0) is 0 Å². The zero-order valence-electron chi connectivity index (χ0n) is 11.0. The van der Waals surface area contributed by atoms with Gasteiger partial charge in [0.1, 0.15) is 11.5 Å². The fourth-order valence-electron chi connectivity index (χ4n) is 1.93. The summed E-state index contributed by atoms with van der Waals surface area (Å²) in [5.74, 6) is 1.23. The van der Waals surface area contributed by atoms with E-state index in [0.717, 1.165) is 11.4 Å². The summed E-state index contributed by atoms with van der Waals surface area (Å²) in [7, 11) is 0. The lowest BCUT2D eigenvalue weighted by Gasteiger charge is -2.11. The van der Waals surface area contributed by atoms with Crippen molar-refractivity contribution in [1.82, 2.24) is 0 Å². The number of nitrogens with zero attached hydrogens (tertiary/aromatic N) is 1. The topological polar surface area (TPSA) is 33.6 Å². The van der Waals surface area contributed by atoms with Crippen LogP contribution in [0.4, 0.5) is 5.69 Å². The molecule has 0 saturated carbocycles. The smallest absolute Gasteiger partial charge is 0.146 e. The van der Waals surface area contributed by atoms with Crippen LogP contribution in [0.3, 0.4) is 0 Å². The Morgan fingerprint density at radius 1 is 1.10 bits per heavy atom. The number of benzene rings is 2. The summed E-state index contributed by atoms with van der Waals surface area (Å²) in [4.78, 5) is 4.11. The number of nitrogens with one attached hydrogen (secondary N) is 1. The molecule has 21 heavy (non-hydrogen) atoms. The van der Waals surface area contributed by atoms with Gasteiger partial charge >= 0.3 is 0 Å². The van der Waals surface area contributed by atoms with Gasteiger partial charge in [-0.25, -0.2) is 0 Å². The largest absolute Gasteiger partial charge is 0.456 e. The molecule has 0 unspecified atom stereocenters. The van der Waals surface area contributed by atoms with Gasteiger partial charge in [0.2, 0.25) is 0 Å². The highest BCUT2D eigenvalue weighted by molar-refractivity contribution is 6.32. The molecule has 106 valence electrons. The maximum Gasteiger partial charge on any atom is 0.146 e. The second-order valence-electron chi connectivity index (χ2n) is 4.51. The van der Waals surface area contributed by atoms with Gasteiger partial charge in [-0.05, 0) is 42.5 Å². The molecule has 0 spiro atoms. The van der Waals surface area contributed by atoms with Crippen LogP contribution in [0.25, 0.3) is 0 Å². The molecule has 0 aliphatic carbocycles. The summed E-state index contributed by atoms with van der Waals surface area (Å²) in [6.45, 7) is 0.665. The van der Waals surface area contributed by atoms with E-state index in [1.54, 1.807) is 18.3 Å². The zero-order valence-corrected chi connectivity index (χ0v) is 12.5. The normalized spacial score (nSPS) is 13.1. The van der Waals surface area contributed by atoms with E-state index in [2.05, 4.69) is 10.3 Å². The van der Waals surface area contributed by atoms with Crippen LogP contribution in [0.2, 0.25) is 10.0 Å². The predicted octanol–water partition coefficient (Wildman–Crippen LogP) is 5.17. The van der Waals surface area contributed by atoms with Gasteiger partial charge in [-0.3, -0.25) is 4.99 Å². The molecule has 1 aliphatic heterocycles. The van der Waals surface area contributed by atoms with Crippen molar-refractivity contribution in [2.24, 2.45) is 4.99 Å². The van der Waals surface area contributed by atoms with Crippen LogP contribution >= 0.6 is 23.2 Å². The molecule has 1 heterocycles. The third-order valence-corrected chi connectivity index (χ3v) is 3.43. The van der Waals surface area contributed by atoms with Crippen molar-refractivity contribution in [3.63, 3.8) is 0 Å². The summed E-state index contributed by atoms with van der Waals surface area (Å²) < 4.78 is 5.73. The van der Waals surface area contributed by atoms with Crippen LogP contribution in [0.15, 0.2) is 59.2 Å². The van der Waals surface area contributed by atoms with Crippen LogP contribution in [0.5, 0.6) is 11.5 Å². The minimum absolute atomic E-state index is 0.527. The molecular weight excluding hydrogens is 307 g/mol. The molecule has 3 rings (SSSR count). The molecule has 2 aromatic rings. The second kappa shape index (κ2) is 6.20. The number of rotatable bonds is 4. The number of aliphatic imine (C=N–C) groups is 1. The second-order valence-corrected chi connectivity index (χ2v) is 5.35. The summed E-state index contributed by atoms with van der Waals surface area (Å²) in [6, 6.07) is 12.7. The highest BCUT2D eigenvalue weighted by Gasteiger charge is 2.07. The van der Waals surface area contributed by atoms with Gasteiger partial charge in [-0.15, -0.1) is 0 Å². The average Bonchev–Trinajstić information content (AvgIpc) is 2.95. The van der Waals surface area contributed by atoms with Gasteiger partial charge < -0.3 is 10.1 Å². The first-order chi connectivity index (χ1) is 10.2. The molecule has 0 radical (unpaired) electrons. The molecule has 0 amide bonds. The maximum atomic E-state index is 6.26. The Labute approximate surface area is 132 Å². The van der Waals surface area contributed by atoms with E-state index in [-0.39, 0.29) is 0 Å². The SMILES string of the molecule is Clc1cccc(Oc2ccc(NC3=CC=NC3)cc2Cl)c1. The lowest BCUT2D eigenvalue weighted by molar-refractivity contribution is 0.483. The highest BCUT2D eigenvalue weighted by Crippen LogP contribution is 2.32. The molecule has 5 heteroatoms. The van der Waals surface area contributed by atoms with Gasteiger partial charge in [0.25, 0.3) is 0 Å². The van der Waals surface area contributed by atoms with Gasteiger partial charge in [-0.1, -0.05) is 29.3 Å². The van der Waals surface area contributed by atoms with Crippen molar-refractivity contribution < 1.29 is 4.74 Å². The Hall–Kier alpha value is -1.97. The van der Waals surface area contributed by atoms with E-state index < -0.39 is 0 Å². The number of halogens is 2. The van der Waals surface area contributed by atoms with E-state index in [4.69, 9.17) is 27.9 Å². The third kappa shape index (κ3) is 3.57. The van der Waals surface area contributed by atoms with Crippen LogP contribution < -0.4 is 10.1 Å². The summed E-state index contributed by atoms with van der Waals surface area (Å²) in [5.41, 5.74) is 1.93. The van der Waals surface area contributed by atoms with Crippen LogP contribution in [0.1, 0.15) is 0 Å². The van der Waals surface area contributed by atoms with Gasteiger partial charge in [0, 0.05) is 22.6 Å². The summed E-state index contributed by atoms with van der Waals surface area (Å²) in [6.07, 6.45) is 3.71. The molecule has 0 bridgehead atoms. The van der Waals surface area contributed by atoms with Crippen molar-refractivity contribution in [2.75, 3.05) is 11.9 Å². The lowest BCUT2D eigenvalue weighted by Crippen LogP contribution is -2.00. The summed E-state index contributed by atoms with van der Waals surface area (Å²) in [5, 5.41) is 4.40. The van der Waals surface area contributed by atoms with Gasteiger partial charge in [-0.2, -0.15) is 0 Å². The number of hydrogen-bond acceptors (Lipinski definition) is 3. The minimum Gasteiger partial charge on any atom is -0.456 e. The van der Waals surface area contributed by atoms with E-state index >= 15 is 0 Å². The van der Waals surface area contributed by atoms with E-state index in [1.165, 1.54) is 0 Å². The average molecular weight is 319 g/mol. The minimum atomic E-state index is 0.527. The zero-order chi connectivity index (χ0) is 14.7. The molecule has 0 saturated heterocycles. The predicted molar refractivity (Wildman–Crippen MR) is 88.0 cm³/mol. The number of hydrogen-bond donors (Lipinski definition) is 1. The third-order valence-electron chi connectivity index (χ3n) is 2.90. The first-order valence-corrected chi connectivity index (χ1v) is 7.15. The van der Waals surface area contributed by atoms with Crippen molar-refractivity contribution >= 4 is 35.1 Å². The van der Waals surface area contributed by atoms with Crippen LogP contribution in [0, 0.1) is 0 Å². The standard InChI is InChI=1S/C16H12Cl2N2O/c17-11-2-1-3-14(8-11)21-16-5-4-12(9-15(16)18)20-13-6-7-19-10-13/h1-9,20H,10H2. The molecular formula is C16H12Cl2N2O. The number of anilines is 1. The summed E-state index contributed by atoms with van der Waals surface area (Å²) >= 11 is 12.2. The van der Waals surface area contributed by atoms with Crippen molar-refractivity contribution in [1.29, 1.82) is 0 Å². The van der Waals surface area contributed by atoms with Crippen molar-refractivity contribution in [3.05, 3.63) is 64.3 Å². The monoisotopic (exact) mass is 318 g/mol. The Morgan fingerprint density at radius 3 is 2.71 bits per heavy atom. The molecule has 3 nitrogen and oxygen atoms in total. The number of ether oxygens (including phenoxy) is 1. The first-order valence-electron chi connectivity index (χ1n) is 6.40. The Kier molecular flexibility index (Phi) is 4.13. The van der Waals surface area contributed by atoms with Crippen LogP contribution in [-0.4, -0.2) is 12.8 Å². The lowest BCUT2D eigenvalue weighted by atomic mass is 10.2. The molecule has 1 aliphatic rings. The molecule has 0 fully saturated rings. The highest BCUT2D eigenvalue weighted by atomic mass is 35.5. The molecule has 0 aromatic heterocycles. The van der Waals surface area contributed by atoms with E-state index in [9.17, 15) is 0 Å². The van der Waals surface area contributed by atoms with E-state index in [1.807, 2.05) is 36.4 Å². The molecule has 2 aromatic carbocycles. The van der Waals surface area contributed by atoms with E-state index in [0.29, 0.717) is 28.1 Å². The Morgan fingerprint density at radius 2 is 2.00 bits per heavy atom.